The van der Waals surface area contributed by atoms with Gasteiger partial charge in [-0.1, -0.05) is 53.5 Å². The van der Waals surface area contributed by atoms with Crippen molar-refractivity contribution in [2.45, 2.75) is 4.90 Å². The van der Waals surface area contributed by atoms with E-state index in [9.17, 15) is 4.79 Å². The lowest BCUT2D eigenvalue weighted by atomic mass is 10.2. The lowest BCUT2D eigenvalue weighted by Crippen LogP contribution is -2.02. The van der Waals surface area contributed by atoms with Gasteiger partial charge in [0, 0.05) is 16.1 Å². The van der Waals surface area contributed by atoms with E-state index in [2.05, 4.69) is 0 Å². The van der Waals surface area contributed by atoms with Gasteiger partial charge in [-0.2, -0.15) is 0 Å². The van der Waals surface area contributed by atoms with Gasteiger partial charge in [0.2, 0.25) is 0 Å². The number of hydrogen-bond donors (Lipinski definition) is 1. The molecule has 0 saturated heterocycles. The van der Waals surface area contributed by atoms with Crippen molar-refractivity contribution in [1.29, 1.82) is 0 Å². The highest BCUT2D eigenvalue weighted by molar-refractivity contribution is 8.00. The van der Waals surface area contributed by atoms with Crippen molar-refractivity contribution in [3.8, 4) is 0 Å². The summed E-state index contributed by atoms with van der Waals surface area (Å²) in [7, 11) is 0. The fraction of sp³-hybridized carbons (Fsp3) is 0.0714. The highest BCUT2D eigenvalue weighted by atomic mass is 35.5. The molecule has 0 radical (unpaired) electrons. The summed E-state index contributed by atoms with van der Waals surface area (Å²) in [4.78, 5) is 12.7. The number of carbonyl (C=O) groups excluding carboxylic acids is 1. The summed E-state index contributed by atoms with van der Waals surface area (Å²) < 4.78 is 0. The molecule has 2 aromatic carbocycles. The molecule has 0 aromatic heterocycles. The number of Topliss-reactive ketones (excluding diaryl/α,β-unsaturated/α-hetero) is 1. The summed E-state index contributed by atoms with van der Waals surface area (Å²) in [5, 5.41) is 0.832. The summed E-state index contributed by atoms with van der Waals surface area (Å²) >= 11 is 13.3. The zero-order valence-corrected chi connectivity index (χ0v) is 12.2. The van der Waals surface area contributed by atoms with Crippen LogP contribution in [0.3, 0.4) is 0 Å². The molecular weight excluding hydrogens is 301 g/mol. The van der Waals surface area contributed by atoms with Crippen LogP contribution in [0.5, 0.6) is 0 Å². The summed E-state index contributed by atoms with van der Waals surface area (Å²) in [5.41, 5.74) is 6.92. The Morgan fingerprint density at radius 2 is 1.84 bits per heavy atom. The fourth-order valence-electron chi connectivity index (χ4n) is 1.54. The van der Waals surface area contributed by atoms with Gasteiger partial charge in [0.25, 0.3) is 0 Å². The Balaban J connectivity index is 2.09. The second-order valence-electron chi connectivity index (χ2n) is 3.89. The Morgan fingerprint density at radius 3 is 2.53 bits per heavy atom. The second kappa shape index (κ2) is 6.33. The van der Waals surface area contributed by atoms with Gasteiger partial charge in [0.15, 0.2) is 5.78 Å². The predicted octanol–water partition coefficient (Wildman–Crippen LogP) is 4.55. The molecule has 0 aliphatic carbocycles. The smallest absolute Gasteiger partial charge is 0.173 e. The zero-order valence-electron chi connectivity index (χ0n) is 9.90. The van der Waals surface area contributed by atoms with Crippen molar-refractivity contribution >= 4 is 46.4 Å². The van der Waals surface area contributed by atoms with Crippen LogP contribution in [0.2, 0.25) is 10.0 Å². The SMILES string of the molecule is Nc1cc(Cl)c(Cl)c(SCC(=O)c2ccccc2)c1. The molecule has 0 spiro atoms. The molecule has 0 heterocycles. The third-order valence-corrected chi connectivity index (χ3v) is 4.43. The third kappa shape index (κ3) is 3.66. The average Bonchev–Trinajstić information content (AvgIpc) is 2.41. The molecule has 19 heavy (non-hydrogen) atoms. The molecule has 0 aliphatic heterocycles. The van der Waals surface area contributed by atoms with Crippen LogP contribution in [0.25, 0.3) is 0 Å². The lowest BCUT2D eigenvalue weighted by molar-refractivity contribution is 0.102. The molecular formula is C14H11Cl2NOS. The van der Waals surface area contributed by atoms with Crippen molar-refractivity contribution in [2.75, 3.05) is 11.5 Å². The number of hydrogen-bond acceptors (Lipinski definition) is 3. The Hall–Kier alpha value is -1.16. The number of nitrogen functional groups attached to an aromatic ring is 1. The Kier molecular flexibility index (Phi) is 4.75. The van der Waals surface area contributed by atoms with Crippen LogP contribution in [0, 0.1) is 0 Å². The van der Waals surface area contributed by atoms with Crippen molar-refractivity contribution < 1.29 is 4.79 Å². The molecule has 0 fully saturated rings. The van der Waals surface area contributed by atoms with E-state index in [1.165, 1.54) is 11.8 Å². The summed E-state index contributed by atoms with van der Waals surface area (Å²) in [6.45, 7) is 0. The molecule has 0 atom stereocenters. The monoisotopic (exact) mass is 311 g/mol. The molecule has 98 valence electrons. The van der Waals surface area contributed by atoms with Crippen LogP contribution in [0.4, 0.5) is 5.69 Å². The van der Waals surface area contributed by atoms with E-state index in [0.717, 1.165) is 4.90 Å². The minimum atomic E-state index is 0.0419. The molecule has 2 N–H and O–H groups in total. The second-order valence-corrected chi connectivity index (χ2v) is 5.70. The maximum Gasteiger partial charge on any atom is 0.173 e. The Labute approximate surface area is 125 Å². The van der Waals surface area contributed by atoms with Gasteiger partial charge in [-0.25, -0.2) is 0 Å². The van der Waals surface area contributed by atoms with Crippen LogP contribution >= 0.6 is 35.0 Å². The standard InChI is InChI=1S/C14H11Cl2NOS/c15-11-6-10(17)7-13(14(11)16)19-8-12(18)9-4-2-1-3-5-9/h1-7H,8,17H2. The van der Waals surface area contributed by atoms with E-state index in [1.807, 2.05) is 18.2 Å². The Bertz CT molecular complexity index is 602. The molecule has 0 unspecified atom stereocenters. The number of ketones is 1. The maximum absolute atomic E-state index is 12.0. The number of nitrogens with two attached hydrogens (primary N) is 1. The maximum atomic E-state index is 12.0. The van der Waals surface area contributed by atoms with E-state index in [4.69, 9.17) is 28.9 Å². The van der Waals surface area contributed by atoms with Crippen LogP contribution in [-0.4, -0.2) is 11.5 Å². The van der Waals surface area contributed by atoms with E-state index in [0.29, 0.717) is 27.0 Å². The molecule has 5 heteroatoms. The van der Waals surface area contributed by atoms with Gasteiger partial charge in [0.1, 0.15) is 0 Å². The van der Waals surface area contributed by atoms with Gasteiger partial charge in [-0.3, -0.25) is 4.79 Å². The molecule has 2 nitrogen and oxygen atoms in total. The molecule has 0 amide bonds. The van der Waals surface area contributed by atoms with Crippen molar-refractivity contribution in [1.82, 2.24) is 0 Å². The number of thioether (sulfide) groups is 1. The molecule has 2 rings (SSSR count). The molecule has 0 bridgehead atoms. The van der Waals surface area contributed by atoms with Crippen molar-refractivity contribution in [3.05, 3.63) is 58.1 Å². The summed E-state index contributed by atoms with van der Waals surface area (Å²) in [6, 6.07) is 12.4. The first-order valence-corrected chi connectivity index (χ1v) is 7.27. The zero-order chi connectivity index (χ0) is 13.8. The van der Waals surface area contributed by atoms with E-state index >= 15 is 0 Å². The number of carbonyl (C=O) groups is 1. The predicted molar refractivity (Wildman–Crippen MR) is 82.4 cm³/mol. The van der Waals surface area contributed by atoms with Gasteiger partial charge in [-0.15, -0.1) is 11.8 Å². The van der Waals surface area contributed by atoms with Crippen LogP contribution in [0.1, 0.15) is 10.4 Å². The lowest BCUT2D eigenvalue weighted by Gasteiger charge is -2.07. The summed E-state index contributed by atoms with van der Waals surface area (Å²) in [6.07, 6.45) is 0. The van der Waals surface area contributed by atoms with E-state index in [-0.39, 0.29) is 5.78 Å². The minimum absolute atomic E-state index is 0.0419. The normalized spacial score (nSPS) is 10.4. The summed E-state index contributed by atoms with van der Waals surface area (Å²) in [5.74, 6) is 0.337. The van der Waals surface area contributed by atoms with Gasteiger partial charge >= 0.3 is 0 Å². The van der Waals surface area contributed by atoms with Crippen LogP contribution < -0.4 is 5.73 Å². The van der Waals surface area contributed by atoms with Crippen LogP contribution in [-0.2, 0) is 0 Å². The minimum Gasteiger partial charge on any atom is -0.399 e. The Morgan fingerprint density at radius 1 is 1.16 bits per heavy atom. The highest BCUT2D eigenvalue weighted by Crippen LogP contribution is 2.35. The van der Waals surface area contributed by atoms with Gasteiger partial charge in [-0.05, 0) is 12.1 Å². The first-order chi connectivity index (χ1) is 9.08. The first kappa shape index (κ1) is 14.3. The fourth-order valence-corrected chi connectivity index (χ4v) is 3.01. The van der Waals surface area contributed by atoms with E-state index in [1.54, 1.807) is 24.3 Å². The van der Waals surface area contributed by atoms with Crippen molar-refractivity contribution in [2.24, 2.45) is 0 Å². The highest BCUT2D eigenvalue weighted by Gasteiger charge is 2.11. The van der Waals surface area contributed by atoms with Gasteiger partial charge in [0.05, 0.1) is 15.8 Å². The number of halogens is 2. The van der Waals surface area contributed by atoms with Crippen molar-refractivity contribution in [3.63, 3.8) is 0 Å². The number of benzene rings is 2. The number of anilines is 1. The largest absolute Gasteiger partial charge is 0.399 e. The molecule has 0 aliphatic rings. The topological polar surface area (TPSA) is 43.1 Å². The quantitative estimate of drug-likeness (QED) is 0.511. The third-order valence-electron chi connectivity index (χ3n) is 2.47. The van der Waals surface area contributed by atoms with E-state index < -0.39 is 0 Å². The molecule has 2 aromatic rings. The number of rotatable bonds is 4. The molecule has 0 saturated carbocycles. The first-order valence-electron chi connectivity index (χ1n) is 5.53. The van der Waals surface area contributed by atoms with Gasteiger partial charge < -0.3 is 5.73 Å². The van der Waals surface area contributed by atoms with Crippen LogP contribution in [0.15, 0.2) is 47.4 Å². The average molecular weight is 312 g/mol.